The minimum absolute atomic E-state index is 0.230. The molecule has 7 heteroatoms. The number of alkyl halides is 3. The Labute approximate surface area is 139 Å². The first-order valence-corrected chi connectivity index (χ1v) is 7.80. The van der Waals surface area contributed by atoms with Gasteiger partial charge in [0.1, 0.15) is 11.6 Å². The molecule has 0 aliphatic rings. The molecule has 0 spiro atoms. The Bertz CT molecular complexity index is 640. The van der Waals surface area contributed by atoms with Gasteiger partial charge in [0.05, 0.1) is 0 Å². The molecule has 1 aromatic carbocycles. The SMILES string of the molecule is Cc1nccn1CC(C)CNCc1cccc(OCC(F)(F)F)c1. The third-order valence-electron chi connectivity index (χ3n) is 3.55. The first kappa shape index (κ1) is 18.3. The van der Waals surface area contributed by atoms with Gasteiger partial charge in [-0.2, -0.15) is 13.2 Å². The number of aryl methyl sites for hydroxylation is 1. The number of imidazole rings is 1. The fraction of sp³-hybridized carbons (Fsp3) is 0.471. The van der Waals surface area contributed by atoms with Crippen molar-refractivity contribution in [3.05, 3.63) is 48.0 Å². The normalized spacial score (nSPS) is 13.0. The maximum atomic E-state index is 12.2. The largest absolute Gasteiger partial charge is 0.484 e. The standard InChI is InChI=1S/C17H22F3N3O/c1-13(11-23-7-6-22-14(23)2)9-21-10-15-4-3-5-16(8-15)24-12-17(18,19)20/h3-8,13,21H,9-12H2,1-2H3. The topological polar surface area (TPSA) is 39.1 Å². The van der Waals surface area contributed by atoms with E-state index in [1.54, 1.807) is 18.3 Å². The lowest BCUT2D eigenvalue weighted by Gasteiger charge is -2.15. The summed E-state index contributed by atoms with van der Waals surface area (Å²) in [4.78, 5) is 4.19. The van der Waals surface area contributed by atoms with Gasteiger partial charge in [0.2, 0.25) is 0 Å². The number of benzene rings is 1. The van der Waals surface area contributed by atoms with E-state index in [4.69, 9.17) is 4.74 Å². The Hall–Kier alpha value is -2.02. The minimum atomic E-state index is -4.32. The van der Waals surface area contributed by atoms with E-state index in [2.05, 4.69) is 21.8 Å². The summed E-state index contributed by atoms with van der Waals surface area (Å²) < 4.78 is 43.4. The molecule has 0 saturated carbocycles. The van der Waals surface area contributed by atoms with Crippen LogP contribution in [0.3, 0.4) is 0 Å². The fourth-order valence-electron chi connectivity index (χ4n) is 2.37. The van der Waals surface area contributed by atoms with Crippen LogP contribution in [0.1, 0.15) is 18.3 Å². The molecule has 4 nitrogen and oxygen atoms in total. The molecule has 1 aromatic heterocycles. The Morgan fingerprint density at radius 2 is 2.12 bits per heavy atom. The van der Waals surface area contributed by atoms with Gasteiger partial charge in [0.25, 0.3) is 0 Å². The summed E-state index contributed by atoms with van der Waals surface area (Å²) in [6, 6.07) is 6.71. The zero-order valence-corrected chi connectivity index (χ0v) is 13.8. The highest BCUT2D eigenvalue weighted by atomic mass is 19.4. The van der Waals surface area contributed by atoms with E-state index in [1.807, 2.05) is 19.2 Å². The van der Waals surface area contributed by atoms with Crippen LogP contribution in [0.5, 0.6) is 5.75 Å². The van der Waals surface area contributed by atoms with Crippen molar-refractivity contribution in [2.24, 2.45) is 5.92 Å². The lowest BCUT2D eigenvalue weighted by molar-refractivity contribution is -0.153. The highest BCUT2D eigenvalue weighted by Crippen LogP contribution is 2.19. The third kappa shape index (κ3) is 6.23. The van der Waals surface area contributed by atoms with E-state index in [9.17, 15) is 13.2 Å². The zero-order chi connectivity index (χ0) is 17.6. The maximum Gasteiger partial charge on any atom is 0.422 e. The van der Waals surface area contributed by atoms with Gasteiger partial charge in [-0.3, -0.25) is 0 Å². The molecule has 1 atom stereocenters. The van der Waals surface area contributed by atoms with Crippen LogP contribution in [0.15, 0.2) is 36.7 Å². The van der Waals surface area contributed by atoms with E-state index in [0.29, 0.717) is 12.5 Å². The first-order valence-electron chi connectivity index (χ1n) is 7.80. The molecule has 0 amide bonds. The molecule has 2 rings (SSSR count). The molecule has 2 aromatic rings. The van der Waals surface area contributed by atoms with Gasteiger partial charge in [-0.15, -0.1) is 0 Å². The van der Waals surface area contributed by atoms with Crippen LogP contribution in [-0.4, -0.2) is 28.9 Å². The second-order valence-electron chi connectivity index (χ2n) is 5.91. The quantitative estimate of drug-likeness (QED) is 0.798. The predicted octanol–water partition coefficient (Wildman–Crippen LogP) is 3.56. The molecule has 0 radical (unpaired) electrons. The van der Waals surface area contributed by atoms with Crippen molar-refractivity contribution in [1.29, 1.82) is 0 Å². The van der Waals surface area contributed by atoms with Gasteiger partial charge in [-0.05, 0) is 37.1 Å². The molecule has 24 heavy (non-hydrogen) atoms. The number of halogens is 3. The second-order valence-corrected chi connectivity index (χ2v) is 5.91. The van der Waals surface area contributed by atoms with Crippen molar-refractivity contribution < 1.29 is 17.9 Å². The molecule has 1 N–H and O–H groups in total. The van der Waals surface area contributed by atoms with Crippen LogP contribution in [0.25, 0.3) is 0 Å². The number of hydrogen-bond acceptors (Lipinski definition) is 3. The van der Waals surface area contributed by atoms with E-state index in [0.717, 1.165) is 24.5 Å². The van der Waals surface area contributed by atoms with Crippen molar-refractivity contribution in [3.8, 4) is 5.75 Å². The summed E-state index contributed by atoms with van der Waals surface area (Å²) in [7, 11) is 0. The Morgan fingerprint density at radius 1 is 1.33 bits per heavy atom. The molecule has 0 fully saturated rings. The van der Waals surface area contributed by atoms with Crippen molar-refractivity contribution >= 4 is 0 Å². The molecule has 132 valence electrons. The molecule has 1 heterocycles. The Balaban J connectivity index is 1.76. The van der Waals surface area contributed by atoms with Crippen molar-refractivity contribution in [1.82, 2.24) is 14.9 Å². The summed E-state index contributed by atoms with van der Waals surface area (Å²) in [5.74, 6) is 1.62. The lowest BCUT2D eigenvalue weighted by Crippen LogP contribution is -2.24. The molecule has 0 aliphatic carbocycles. The second kappa shape index (κ2) is 8.19. The molecular weight excluding hydrogens is 319 g/mol. The van der Waals surface area contributed by atoms with E-state index in [-0.39, 0.29) is 5.75 Å². The summed E-state index contributed by atoms with van der Waals surface area (Å²) in [5, 5.41) is 3.32. The number of nitrogens with one attached hydrogen (secondary N) is 1. The summed E-state index contributed by atoms with van der Waals surface area (Å²) in [6.07, 6.45) is -0.593. The van der Waals surface area contributed by atoms with Crippen LogP contribution < -0.4 is 10.1 Å². The fourth-order valence-corrected chi connectivity index (χ4v) is 2.37. The molecule has 0 saturated heterocycles. The lowest BCUT2D eigenvalue weighted by atomic mass is 10.1. The van der Waals surface area contributed by atoms with Crippen LogP contribution in [0.2, 0.25) is 0 Å². The van der Waals surface area contributed by atoms with Gasteiger partial charge in [0, 0.05) is 25.5 Å². The number of nitrogens with zero attached hydrogens (tertiary/aromatic N) is 2. The number of ether oxygens (including phenoxy) is 1. The van der Waals surface area contributed by atoms with Crippen LogP contribution in [0, 0.1) is 12.8 Å². The van der Waals surface area contributed by atoms with Gasteiger partial charge >= 0.3 is 6.18 Å². The van der Waals surface area contributed by atoms with Gasteiger partial charge in [-0.25, -0.2) is 4.98 Å². The van der Waals surface area contributed by atoms with Gasteiger partial charge in [-0.1, -0.05) is 19.1 Å². The number of rotatable bonds is 8. The molecular formula is C17H22F3N3O. The maximum absolute atomic E-state index is 12.2. The molecule has 0 bridgehead atoms. The number of hydrogen-bond donors (Lipinski definition) is 1. The van der Waals surface area contributed by atoms with Crippen molar-refractivity contribution in [2.75, 3.05) is 13.2 Å². The van der Waals surface area contributed by atoms with Crippen LogP contribution in [-0.2, 0) is 13.1 Å². The van der Waals surface area contributed by atoms with Gasteiger partial charge in [0.15, 0.2) is 6.61 Å². The van der Waals surface area contributed by atoms with Crippen molar-refractivity contribution in [2.45, 2.75) is 33.1 Å². The average Bonchev–Trinajstić information content (AvgIpc) is 2.90. The number of aromatic nitrogens is 2. The summed E-state index contributed by atoms with van der Waals surface area (Å²) in [5.41, 5.74) is 0.890. The first-order chi connectivity index (χ1) is 11.3. The third-order valence-corrected chi connectivity index (χ3v) is 3.55. The zero-order valence-electron chi connectivity index (χ0n) is 13.8. The van der Waals surface area contributed by atoms with Crippen LogP contribution in [0.4, 0.5) is 13.2 Å². The van der Waals surface area contributed by atoms with Gasteiger partial charge < -0.3 is 14.6 Å². The summed E-state index contributed by atoms with van der Waals surface area (Å²) in [6.45, 7) is 5.07. The monoisotopic (exact) mass is 341 g/mol. The molecule has 1 unspecified atom stereocenters. The smallest absolute Gasteiger partial charge is 0.422 e. The predicted molar refractivity (Wildman–Crippen MR) is 85.8 cm³/mol. The van der Waals surface area contributed by atoms with E-state index < -0.39 is 12.8 Å². The molecule has 0 aliphatic heterocycles. The van der Waals surface area contributed by atoms with Crippen LogP contribution >= 0.6 is 0 Å². The van der Waals surface area contributed by atoms with E-state index in [1.165, 1.54) is 6.07 Å². The highest BCUT2D eigenvalue weighted by molar-refractivity contribution is 5.28. The Morgan fingerprint density at radius 3 is 2.79 bits per heavy atom. The van der Waals surface area contributed by atoms with Crippen molar-refractivity contribution in [3.63, 3.8) is 0 Å². The Kier molecular flexibility index (Phi) is 6.25. The minimum Gasteiger partial charge on any atom is -0.484 e. The van der Waals surface area contributed by atoms with E-state index >= 15 is 0 Å². The average molecular weight is 341 g/mol. The summed E-state index contributed by atoms with van der Waals surface area (Å²) >= 11 is 0. The highest BCUT2D eigenvalue weighted by Gasteiger charge is 2.28.